The van der Waals surface area contributed by atoms with Crippen molar-refractivity contribution in [1.82, 2.24) is 18.9 Å². The molecule has 3 heterocycles. The largest absolute Gasteiger partial charge is 0.262 e. The third-order valence-corrected chi connectivity index (χ3v) is 6.47. The molecule has 1 aliphatic heterocycles. The molecule has 2 aromatic heterocycles. The Labute approximate surface area is 128 Å². The first kappa shape index (κ1) is 14.9. The minimum Gasteiger partial charge on any atom is -0.221 e. The first-order valence-electron chi connectivity index (χ1n) is 7.27. The standard InChI is InChI=1S/C13H20N4O2S2/c1-9(2)11-12(17-13(14-11)20-10(3)15-17)21(18,19)16-7-5-4-6-8-16/h9H,4-8H2,1-3H3. The molecule has 3 rings (SSSR count). The topological polar surface area (TPSA) is 67.6 Å². The van der Waals surface area contributed by atoms with Crippen LogP contribution in [-0.4, -0.2) is 40.4 Å². The Morgan fingerprint density at radius 2 is 1.86 bits per heavy atom. The van der Waals surface area contributed by atoms with Crippen LogP contribution in [0.1, 0.15) is 49.7 Å². The number of hydrogen-bond acceptors (Lipinski definition) is 5. The number of sulfonamides is 1. The molecule has 1 aliphatic rings. The van der Waals surface area contributed by atoms with Crippen LogP contribution in [0.3, 0.4) is 0 Å². The molecule has 21 heavy (non-hydrogen) atoms. The molecule has 116 valence electrons. The molecule has 0 radical (unpaired) electrons. The van der Waals surface area contributed by atoms with E-state index >= 15 is 0 Å². The van der Waals surface area contributed by atoms with Crippen molar-refractivity contribution < 1.29 is 8.42 Å². The van der Waals surface area contributed by atoms with Gasteiger partial charge in [-0.25, -0.2) is 13.4 Å². The number of fused-ring (bicyclic) bond motifs is 1. The molecule has 0 spiro atoms. The summed E-state index contributed by atoms with van der Waals surface area (Å²) < 4.78 is 29.2. The first-order chi connectivity index (χ1) is 9.91. The van der Waals surface area contributed by atoms with Crippen molar-refractivity contribution in [2.75, 3.05) is 13.1 Å². The fraction of sp³-hybridized carbons (Fsp3) is 0.692. The predicted octanol–water partition coefficient (Wildman–Crippen LogP) is 2.40. The third-order valence-electron chi connectivity index (χ3n) is 3.73. The maximum Gasteiger partial charge on any atom is 0.262 e. The molecule has 0 bridgehead atoms. The summed E-state index contributed by atoms with van der Waals surface area (Å²) in [5.74, 6) is 0.0498. The van der Waals surface area contributed by atoms with E-state index in [-0.39, 0.29) is 10.9 Å². The molecule has 2 aromatic rings. The van der Waals surface area contributed by atoms with Crippen LogP contribution in [0.15, 0.2) is 5.03 Å². The summed E-state index contributed by atoms with van der Waals surface area (Å²) in [6.45, 7) is 6.99. The van der Waals surface area contributed by atoms with Gasteiger partial charge in [-0.2, -0.15) is 13.9 Å². The molecule has 0 N–H and O–H groups in total. The lowest BCUT2D eigenvalue weighted by Gasteiger charge is -2.25. The van der Waals surface area contributed by atoms with Crippen LogP contribution < -0.4 is 0 Å². The van der Waals surface area contributed by atoms with Crippen molar-refractivity contribution in [3.05, 3.63) is 10.7 Å². The lowest BCUT2D eigenvalue weighted by atomic mass is 10.2. The van der Waals surface area contributed by atoms with Gasteiger partial charge in [0.2, 0.25) is 4.96 Å². The van der Waals surface area contributed by atoms with Crippen molar-refractivity contribution in [2.45, 2.75) is 51.0 Å². The lowest BCUT2D eigenvalue weighted by Crippen LogP contribution is -2.36. The Balaban J connectivity index is 2.18. The average molecular weight is 328 g/mol. The van der Waals surface area contributed by atoms with E-state index < -0.39 is 10.0 Å². The summed E-state index contributed by atoms with van der Waals surface area (Å²) in [5.41, 5.74) is 0.624. The van der Waals surface area contributed by atoms with Gasteiger partial charge < -0.3 is 0 Å². The summed E-state index contributed by atoms with van der Waals surface area (Å²) in [7, 11) is -3.53. The molecule has 6 nitrogen and oxygen atoms in total. The van der Waals surface area contributed by atoms with Crippen LogP contribution >= 0.6 is 11.3 Å². The Morgan fingerprint density at radius 3 is 2.48 bits per heavy atom. The highest BCUT2D eigenvalue weighted by molar-refractivity contribution is 7.89. The maximum absolute atomic E-state index is 13.0. The monoisotopic (exact) mass is 328 g/mol. The van der Waals surface area contributed by atoms with E-state index in [1.165, 1.54) is 15.9 Å². The van der Waals surface area contributed by atoms with Crippen molar-refractivity contribution in [2.24, 2.45) is 0 Å². The minimum atomic E-state index is -3.53. The zero-order valence-electron chi connectivity index (χ0n) is 12.5. The van der Waals surface area contributed by atoms with Crippen LogP contribution in [-0.2, 0) is 10.0 Å². The van der Waals surface area contributed by atoms with Gasteiger partial charge in [-0.05, 0) is 25.7 Å². The zero-order chi connectivity index (χ0) is 15.2. The molecule has 0 saturated carbocycles. The Bertz CT molecular complexity index is 755. The van der Waals surface area contributed by atoms with Crippen molar-refractivity contribution >= 4 is 26.3 Å². The van der Waals surface area contributed by atoms with Crippen LogP contribution in [0.5, 0.6) is 0 Å². The quantitative estimate of drug-likeness (QED) is 0.867. The number of rotatable bonds is 3. The van der Waals surface area contributed by atoms with Gasteiger partial charge in [0.1, 0.15) is 5.01 Å². The van der Waals surface area contributed by atoms with Gasteiger partial charge in [0.15, 0.2) is 5.03 Å². The van der Waals surface area contributed by atoms with Crippen molar-refractivity contribution in [1.29, 1.82) is 0 Å². The number of aromatic nitrogens is 3. The van der Waals surface area contributed by atoms with Gasteiger partial charge in [0, 0.05) is 13.1 Å². The smallest absolute Gasteiger partial charge is 0.221 e. The van der Waals surface area contributed by atoms with E-state index in [2.05, 4.69) is 10.1 Å². The van der Waals surface area contributed by atoms with E-state index in [9.17, 15) is 8.42 Å². The molecular weight excluding hydrogens is 308 g/mol. The third kappa shape index (κ3) is 2.49. The molecule has 1 saturated heterocycles. The highest BCUT2D eigenvalue weighted by Gasteiger charge is 2.34. The fourth-order valence-corrected chi connectivity index (χ4v) is 5.37. The molecular formula is C13H20N4O2S2. The van der Waals surface area contributed by atoms with Gasteiger partial charge in [0.05, 0.1) is 5.69 Å². The summed E-state index contributed by atoms with van der Waals surface area (Å²) in [5, 5.41) is 5.43. The minimum absolute atomic E-state index is 0.0498. The van der Waals surface area contributed by atoms with Gasteiger partial charge in [0.25, 0.3) is 10.0 Å². The summed E-state index contributed by atoms with van der Waals surface area (Å²) in [6.07, 6.45) is 2.95. The maximum atomic E-state index is 13.0. The number of aryl methyl sites for hydroxylation is 1. The zero-order valence-corrected chi connectivity index (χ0v) is 14.2. The van der Waals surface area contributed by atoms with Crippen LogP contribution in [0, 0.1) is 6.92 Å². The number of hydrogen-bond donors (Lipinski definition) is 0. The van der Waals surface area contributed by atoms with Crippen molar-refractivity contribution in [3.63, 3.8) is 0 Å². The average Bonchev–Trinajstić information content (AvgIpc) is 2.95. The molecule has 1 fully saturated rings. The Hall–Kier alpha value is -0.990. The highest BCUT2D eigenvalue weighted by atomic mass is 32.2. The van der Waals surface area contributed by atoms with Crippen molar-refractivity contribution in [3.8, 4) is 0 Å². The van der Waals surface area contributed by atoms with Gasteiger partial charge in [-0.1, -0.05) is 31.6 Å². The molecule has 0 amide bonds. The van der Waals surface area contributed by atoms with Crippen LogP contribution in [0.2, 0.25) is 0 Å². The Kier molecular flexibility index (Phi) is 3.79. The fourth-order valence-electron chi connectivity index (χ4n) is 2.69. The van der Waals surface area contributed by atoms with Gasteiger partial charge in [-0.3, -0.25) is 0 Å². The van der Waals surface area contributed by atoms with Gasteiger partial charge in [-0.15, -0.1) is 0 Å². The van der Waals surface area contributed by atoms with E-state index in [1.807, 2.05) is 20.8 Å². The molecule has 0 atom stereocenters. The number of piperidine rings is 1. The highest BCUT2D eigenvalue weighted by Crippen LogP contribution is 2.30. The van der Waals surface area contributed by atoms with E-state index in [1.54, 1.807) is 4.31 Å². The first-order valence-corrected chi connectivity index (χ1v) is 9.53. The molecule has 8 heteroatoms. The van der Waals surface area contributed by atoms with E-state index in [0.717, 1.165) is 24.3 Å². The second-order valence-corrected chi connectivity index (χ2v) is 8.75. The van der Waals surface area contributed by atoms with E-state index in [4.69, 9.17) is 0 Å². The molecule has 0 unspecified atom stereocenters. The normalized spacial score (nSPS) is 17.9. The molecule has 0 aliphatic carbocycles. The summed E-state index contributed by atoms with van der Waals surface area (Å²) >= 11 is 1.43. The predicted molar refractivity (Wildman–Crippen MR) is 82.3 cm³/mol. The second kappa shape index (κ2) is 5.33. The second-order valence-electron chi connectivity index (χ2n) is 5.74. The lowest BCUT2D eigenvalue weighted by molar-refractivity contribution is 0.344. The number of imidazole rings is 1. The Morgan fingerprint density at radius 1 is 1.19 bits per heavy atom. The summed E-state index contributed by atoms with van der Waals surface area (Å²) in [6, 6.07) is 0. The van der Waals surface area contributed by atoms with Crippen LogP contribution in [0.4, 0.5) is 0 Å². The van der Waals surface area contributed by atoms with E-state index in [0.29, 0.717) is 23.7 Å². The molecule has 0 aromatic carbocycles. The summed E-state index contributed by atoms with van der Waals surface area (Å²) in [4.78, 5) is 5.17. The SMILES string of the molecule is Cc1nn2c(S(=O)(=O)N3CCCCC3)c(C(C)C)nc2s1. The number of nitrogens with zero attached hydrogens (tertiary/aromatic N) is 4. The van der Waals surface area contributed by atoms with Crippen LogP contribution in [0.25, 0.3) is 4.96 Å². The van der Waals surface area contributed by atoms with Gasteiger partial charge >= 0.3 is 0 Å².